The Kier molecular flexibility index (Phi) is 6.87. The number of carbonyl (C=O) groups is 1. The first-order valence-electron chi connectivity index (χ1n) is 5.11. The van der Waals surface area contributed by atoms with Crippen LogP contribution in [0.4, 0.5) is 0 Å². The van der Waals surface area contributed by atoms with Gasteiger partial charge in [-0.15, -0.1) is 0 Å². The Bertz CT molecular complexity index is 141. The van der Waals surface area contributed by atoms with Gasteiger partial charge in [0.1, 0.15) is 6.10 Å². The van der Waals surface area contributed by atoms with E-state index < -0.39 is 0 Å². The fraction of sp³-hybridized carbons (Fsp3) is 0.909. The zero-order chi connectivity index (χ0) is 10.3. The van der Waals surface area contributed by atoms with E-state index in [1.807, 2.05) is 0 Å². The molecule has 1 unspecified atom stereocenters. The van der Waals surface area contributed by atoms with Crippen molar-refractivity contribution in [1.29, 1.82) is 0 Å². The van der Waals surface area contributed by atoms with Gasteiger partial charge in [0.05, 0.1) is 0 Å². The van der Waals surface area contributed by atoms with E-state index in [0.717, 1.165) is 18.8 Å². The molecule has 0 heterocycles. The Hall–Kier alpha value is -0.370. The summed E-state index contributed by atoms with van der Waals surface area (Å²) in [5.74, 6) is 0.908. The molecule has 0 aromatic rings. The number of unbranched alkanes of at least 4 members (excludes halogenated alkanes) is 1. The van der Waals surface area contributed by atoms with Crippen LogP contribution in [-0.2, 0) is 9.53 Å². The molecular formula is C11H22O2. The van der Waals surface area contributed by atoms with Crippen molar-refractivity contribution in [2.45, 2.75) is 52.6 Å². The van der Waals surface area contributed by atoms with Gasteiger partial charge in [-0.25, -0.2) is 0 Å². The van der Waals surface area contributed by atoms with Crippen LogP contribution in [0, 0.1) is 5.92 Å². The highest BCUT2D eigenvalue weighted by atomic mass is 16.5. The molecule has 0 rings (SSSR count). The molecule has 0 saturated heterocycles. The Morgan fingerprint density at radius 3 is 2.15 bits per heavy atom. The summed E-state index contributed by atoms with van der Waals surface area (Å²) in [5, 5.41) is 0. The van der Waals surface area contributed by atoms with Crippen molar-refractivity contribution in [1.82, 2.24) is 0 Å². The van der Waals surface area contributed by atoms with Gasteiger partial charge in [-0.3, -0.25) is 4.79 Å². The second kappa shape index (κ2) is 7.07. The topological polar surface area (TPSA) is 26.3 Å². The molecule has 0 aliphatic rings. The van der Waals surface area contributed by atoms with Gasteiger partial charge in [-0.1, -0.05) is 33.1 Å². The molecule has 0 saturated carbocycles. The maximum absolute atomic E-state index is 11.0. The van der Waals surface area contributed by atoms with E-state index in [1.165, 1.54) is 12.8 Å². The highest BCUT2D eigenvalue weighted by Gasteiger charge is 2.11. The third-order valence-corrected chi connectivity index (χ3v) is 2.24. The number of rotatable bonds is 7. The number of hydrogen-bond donors (Lipinski definition) is 0. The lowest BCUT2D eigenvalue weighted by atomic mass is 10.0. The first-order valence-corrected chi connectivity index (χ1v) is 5.11. The van der Waals surface area contributed by atoms with Crippen LogP contribution in [0.15, 0.2) is 0 Å². The van der Waals surface area contributed by atoms with Crippen molar-refractivity contribution in [3.05, 3.63) is 0 Å². The Morgan fingerprint density at radius 1 is 1.23 bits per heavy atom. The molecular weight excluding hydrogens is 164 g/mol. The van der Waals surface area contributed by atoms with Crippen LogP contribution in [0.1, 0.15) is 46.5 Å². The molecule has 0 fully saturated rings. The largest absolute Gasteiger partial charge is 0.374 e. The standard InChI is InChI=1S/C11H22O2/c1-9(2)7-5-6-8-11(13-4)10(3)12/h9,11H,5-8H2,1-4H3. The molecule has 0 amide bonds. The van der Waals surface area contributed by atoms with Gasteiger partial charge in [-0.05, 0) is 19.3 Å². The first-order chi connectivity index (χ1) is 6.07. The van der Waals surface area contributed by atoms with Crippen LogP contribution >= 0.6 is 0 Å². The fourth-order valence-corrected chi connectivity index (χ4v) is 1.37. The predicted molar refractivity (Wildman–Crippen MR) is 54.8 cm³/mol. The summed E-state index contributed by atoms with van der Waals surface area (Å²) in [6, 6.07) is 0. The number of carbonyl (C=O) groups excluding carboxylic acids is 1. The van der Waals surface area contributed by atoms with Crippen molar-refractivity contribution in [3.63, 3.8) is 0 Å². The fourth-order valence-electron chi connectivity index (χ4n) is 1.37. The summed E-state index contributed by atoms with van der Waals surface area (Å²) >= 11 is 0. The zero-order valence-corrected chi connectivity index (χ0v) is 9.30. The number of methoxy groups -OCH3 is 1. The molecule has 0 aromatic carbocycles. The van der Waals surface area contributed by atoms with Crippen LogP contribution in [0.3, 0.4) is 0 Å². The van der Waals surface area contributed by atoms with Crippen molar-refractivity contribution >= 4 is 5.78 Å². The van der Waals surface area contributed by atoms with E-state index in [9.17, 15) is 4.79 Å². The molecule has 0 aliphatic carbocycles. The molecule has 0 N–H and O–H groups in total. The number of ether oxygens (including phenoxy) is 1. The van der Waals surface area contributed by atoms with Gasteiger partial charge in [-0.2, -0.15) is 0 Å². The number of ketones is 1. The van der Waals surface area contributed by atoms with Crippen LogP contribution in [0.25, 0.3) is 0 Å². The van der Waals surface area contributed by atoms with Crippen molar-refractivity contribution in [2.24, 2.45) is 5.92 Å². The number of hydrogen-bond acceptors (Lipinski definition) is 2. The molecule has 2 nitrogen and oxygen atoms in total. The normalized spacial score (nSPS) is 13.3. The minimum absolute atomic E-state index is 0.145. The third kappa shape index (κ3) is 6.76. The minimum Gasteiger partial charge on any atom is -0.374 e. The summed E-state index contributed by atoms with van der Waals surface area (Å²) in [7, 11) is 1.61. The van der Waals surface area contributed by atoms with Gasteiger partial charge in [0.15, 0.2) is 5.78 Å². The highest BCUT2D eigenvalue weighted by Crippen LogP contribution is 2.11. The summed E-state index contributed by atoms with van der Waals surface area (Å²) in [6.07, 6.45) is 4.24. The molecule has 78 valence electrons. The zero-order valence-electron chi connectivity index (χ0n) is 9.30. The lowest BCUT2D eigenvalue weighted by Gasteiger charge is -2.11. The van der Waals surface area contributed by atoms with E-state index in [1.54, 1.807) is 14.0 Å². The SMILES string of the molecule is COC(CCCCC(C)C)C(C)=O. The molecule has 0 aromatic heterocycles. The monoisotopic (exact) mass is 186 g/mol. The van der Waals surface area contributed by atoms with E-state index in [4.69, 9.17) is 4.74 Å². The summed E-state index contributed by atoms with van der Waals surface area (Å²) < 4.78 is 5.07. The average molecular weight is 186 g/mol. The molecule has 0 spiro atoms. The predicted octanol–water partition coefficient (Wildman–Crippen LogP) is 2.81. The maximum Gasteiger partial charge on any atom is 0.158 e. The molecule has 2 heteroatoms. The molecule has 1 atom stereocenters. The van der Waals surface area contributed by atoms with Crippen LogP contribution in [0.2, 0.25) is 0 Å². The van der Waals surface area contributed by atoms with Gasteiger partial charge < -0.3 is 4.74 Å². The Labute approximate surface area is 81.7 Å². The van der Waals surface area contributed by atoms with Gasteiger partial charge >= 0.3 is 0 Å². The first kappa shape index (κ1) is 12.6. The summed E-state index contributed by atoms with van der Waals surface area (Å²) in [4.78, 5) is 11.0. The average Bonchev–Trinajstić information content (AvgIpc) is 2.03. The molecule has 0 bridgehead atoms. The highest BCUT2D eigenvalue weighted by molar-refractivity contribution is 5.80. The van der Waals surface area contributed by atoms with E-state index in [2.05, 4.69) is 13.8 Å². The van der Waals surface area contributed by atoms with Crippen LogP contribution < -0.4 is 0 Å². The lowest BCUT2D eigenvalue weighted by Crippen LogP contribution is -2.19. The van der Waals surface area contributed by atoms with Crippen LogP contribution in [-0.4, -0.2) is 19.0 Å². The second-order valence-electron chi connectivity index (χ2n) is 4.01. The van der Waals surface area contributed by atoms with Gasteiger partial charge in [0.2, 0.25) is 0 Å². The molecule has 13 heavy (non-hydrogen) atoms. The summed E-state index contributed by atoms with van der Waals surface area (Å²) in [5.41, 5.74) is 0. The molecule has 0 radical (unpaired) electrons. The van der Waals surface area contributed by atoms with Crippen molar-refractivity contribution < 1.29 is 9.53 Å². The Morgan fingerprint density at radius 2 is 1.77 bits per heavy atom. The smallest absolute Gasteiger partial charge is 0.158 e. The second-order valence-corrected chi connectivity index (χ2v) is 4.01. The summed E-state index contributed by atoms with van der Waals surface area (Å²) in [6.45, 7) is 6.04. The van der Waals surface area contributed by atoms with Gasteiger partial charge in [0.25, 0.3) is 0 Å². The van der Waals surface area contributed by atoms with Crippen LogP contribution in [0.5, 0.6) is 0 Å². The molecule has 0 aliphatic heterocycles. The minimum atomic E-state index is -0.174. The lowest BCUT2D eigenvalue weighted by molar-refractivity contribution is -0.127. The maximum atomic E-state index is 11.0. The Balaban J connectivity index is 3.44. The van der Waals surface area contributed by atoms with Crippen molar-refractivity contribution in [3.8, 4) is 0 Å². The number of Topliss-reactive ketones (excluding diaryl/α,β-unsaturated/α-hetero) is 1. The van der Waals surface area contributed by atoms with Crippen molar-refractivity contribution in [2.75, 3.05) is 7.11 Å². The van der Waals surface area contributed by atoms with Gasteiger partial charge in [0, 0.05) is 7.11 Å². The van der Waals surface area contributed by atoms with E-state index >= 15 is 0 Å². The third-order valence-electron chi connectivity index (χ3n) is 2.24. The van der Waals surface area contributed by atoms with E-state index in [-0.39, 0.29) is 11.9 Å². The van der Waals surface area contributed by atoms with E-state index in [0.29, 0.717) is 0 Å². The quantitative estimate of drug-likeness (QED) is 0.571.